The van der Waals surface area contributed by atoms with Crippen molar-refractivity contribution >= 4 is 0 Å². The number of hydrogen-bond acceptors (Lipinski definition) is 5. The third-order valence-electron chi connectivity index (χ3n) is 4.40. The van der Waals surface area contributed by atoms with Crippen molar-refractivity contribution in [1.29, 1.82) is 0 Å². The number of benzene rings is 1. The van der Waals surface area contributed by atoms with Crippen LogP contribution in [0.3, 0.4) is 0 Å². The normalized spacial score (nSPS) is 16.7. The Labute approximate surface area is 134 Å². The zero-order chi connectivity index (χ0) is 15.5. The maximum Gasteiger partial charge on any atom is 0.247 e. The lowest BCUT2D eigenvalue weighted by molar-refractivity contribution is 0.187. The Morgan fingerprint density at radius 3 is 2.65 bits per heavy atom. The molecule has 4 rings (SSSR count). The van der Waals surface area contributed by atoms with Crippen LogP contribution in [0.25, 0.3) is 11.5 Å². The highest BCUT2D eigenvalue weighted by molar-refractivity contribution is 5.51. The Kier molecular flexibility index (Phi) is 3.90. The Hall–Kier alpha value is -2.47. The predicted octanol–water partition coefficient (Wildman–Crippen LogP) is 2.84. The van der Waals surface area contributed by atoms with Crippen molar-refractivity contribution in [2.45, 2.75) is 25.3 Å². The average molecular weight is 309 g/mol. The first-order valence-electron chi connectivity index (χ1n) is 7.98. The van der Waals surface area contributed by atoms with Crippen LogP contribution in [0.15, 0.2) is 47.0 Å². The molecular formula is C17H19N5O. The molecule has 6 heteroatoms. The molecule has 0 spiro atoms. The largest absolute Gasteiger partial charge is 0.419 e. The second-order valence-corrected chi connectivity index (χ2v) is 5.93. The standard InChI is InChI=1S/C17H19N5O/c1-2-4-14(5-3-1)17-21-20-16(23-17)12-22-10-7-13(8-11-22)15-6-9-18-19-15/h1-6,9,13H,7-8,10-12H2,(H,18,19). The Bertz CT molecular complexity index is 729. The van der Waals surface area contributed by atoms with Gasteiger partial charge in [-0.15, -0.1) is 10.2 Å². The van der Waals surface area contributed by atoms with E-state index in [0.717, 1.165) is 38.0 Å². The number of nitrogens with zero attached hydrogens (tertiary/aromatic N) is 4. The summed E-state index contributed by atoms with van der Waals surface area (Å²) in [4.78, 5) is 2.37. The van der Waals surface area contributed by atoms with Gasteiger partial charge in [0.15, 0.2) is 0 Å². The summed E-state index contributed by atoms with van der Waals surface area (Å²) in [5.41, 5.74) is 2.21. The van der Waals surface area contributed by atoms with Gasteiger partial charge in [0.25, 0.3) is 0 Å². The molecule has 0 aliphatic carbocycles. The number of H-pyrrole nitrogens is 1. The summed E-state index contributed by atoms with van der Waals surface area (Å²) < 4.78 is 5.79. The monoisotopic (exact) mass is 309 g/mol. The molecule has 1 aromatic carbocycles. The summed E-state index contributed by atoms with van der Waals surface area (Å²) in [6.07, 6.45) is 4.08. The minimum Gasteiger partial charge on any atom is -0.419 e. The lowest BCUT2D eigenvalue weighted by Gasteiger charge is -2.30. The van der Waals surface area contributed by atoms with Crippen molar-refractivity contribution in [3.63, 3.8) is 0 Å². The molecule has 0 saturated carbocycles. The molecule has 3 aromatic rings. The van der Waals surface area contributed by atoms with Crippen LogP contribution in [-0.2, 0) is 6.54 Å². The van der Waals surface area contributed by atoms with E-state index in [2.05, 4.69) is 31.4 Å². The molecule has 1 aliphatic rings. The SMILES string of the molecule is c1ccc(-c2nnc(CN3CCC(c4ccn[nH]4)CC3)o2)cc1. The number of piperidine rings is 1. The van der Waals surface area contributed by atoms with Crippen LogP contribution in [0, 0.1) is 0 Å². The van der Waals surface area contributed by atoms with Crippen LogP contribution in [0.5, 0.6) is 0 Å². The Morgan fingerprint density at radius 1 is 1.09 bits per heavy atom. The van der Waals surface area contributed by atoms with Gasteiger partial charge in [-0.3, -0.25) is 10.00 Å². The van der Waals surface area contributed by atoms with Gasteiger partial charge in [-0.2, -0.15) is 5.10 Å². The highest BCUT2D eigenvalue weighted by Gasteiger charge is 2.22. The first-order chi connectivity index (χ1) is 11.4. The van der Waals surface area contributed by atoms with Gasteiger partial charge in [-0.05, 0) is 44.1 Å². The quantitative estimate of drug-likeness (QED) is 0.802. The number of hydrogen-bond donors (Lipinski definition) is 1. The number of aromatic amines is 1. The summed E-state index contributed by atoms with van der Waals surface area (Å²) in [7, 11) is 0. The highest BCUT2D eigenvalue weighted by Crippen LogP contribution is 2.27. The van der Waals surface area contributed by atoms with Gasteiger partial charge >= 0.3 is 0 Å². The molecular weight excluding hydrogens is 290 g/mol. The van der Waals surface area contributed by atoms with Gasteiger partial charge in [0.05, 0.1) is 6.54 Å². The molecule has 23 heavy (non-hydrogen) atoms. The second-order valence-electron chi connectivity index (χ2n) is 5.93. The average Bonchev–Trinajstić information content (AvgIpc) is 3.28. The number of aromatic nitrogens is 4. The van der Waals surface area contributed by atoms with E-state index in [-0.39, 0.29) is 0 Å². The summed E-state index contributed by atoms with van der Waals surface area (Å²) in [6.45, 7) is 2.79. The van der Waals surface area contributed by atoms with Gasteiger partial charge < -0.3 is 4.42 Å². The van der Waals surface area contributed by atoms with Gasteiger partial charge in [0.2, 0.25) is 11.8 Å². The minimum atomic E-state index is 0.580. The van der Waals surface area contributed by atoms with Crippen LogP contribution >= 0.6 is 0 Å². The van der Waals surface area contributed by atoms with E-state index < -0.39 is 0 Å². The summed E-state index contributed by atoms with van der Waals surface area (Å²) >= 11 is 0. The molecule has 0 atom stereocenters. The maximum atomic E-state index is 5.79. The van der Waals surface area contributed by atoms with E-state index in [4.69, 9.17) is 4.42 Å². The number of rotatable bonds is 4. The molecule has 118 valence electrons. The van der Waals surface area contributed by atoms with Crippen molar-refractivity contribution in [3.8, 4) is 11.5 Å². The molecule has 6 nitrogen and oxygen atoms in total. The predicted molar refractivity (Wildman–Crippen MR) is 85.6 cm³/mol. The van der Waals surface area contributed by atoms with E-state index in [0.29, 0.717) is 17.7 Å². The maximum absolute atomic E-state index is 5.79. The fourth-order valence-corrected chi connectivity index (χ4v) is 3.10. The molecule has 0 radical (unpaired) electrons. The van der Waals surface area contributed by atoms with Crippen LogP contribution in [0.1, 0.15) is 30.3 Å². The van der Waals surface area contributed by atoms with Gasteiger partial charge in [0.1, 0.15) is 0 Å². The second kappa shape index (κ2) is 6.34. The lowest BCUT2D eigenvalue weighted by Crippen LogP contribution is -2.32. The van der Waals surface area contributed by atoms with Crippen LogP contribution in [0.2, 0.25) is 0 Å². The van der Waals surface area contributed by atoms with Crippen molar-refractivity contribution < 1.29 is 4.42 Å². The molecule has 0 amide bonds. The third-order valence-corrected chi connectivity index (χ3v) is 4.40. The van der Waals surface area contributed by atoms with Crippen LogP contribution in [-0.4, -0.2) is 38.4 Å². The Morgan fingerprint density at radius 2 is 1.91 bits per heavy atom. The van der Waals surface area contributed by atoms with E-state index in [1.165, 1.54) is 5.69 Å². The van der Waals surface area contributed by atoms with Gasteiger partial charge in [-0.1, -0.05) is 18.2 Å². The fourth-order valence-electron chi connectivity index (χ4n) is 3.10. The topological polar surface area (TPSA) is 70.8 Å². The number of likely N-dealkylation sites (tertiary alicyclic amines) is 1. The van der Waals surface area contributed by atoms with Crippen molar-refractivity contribution in [3.05, 3.63) is 54.2 Å². The fraction of sp³-hybridized carbons (Fsp3) is 0.353. The molecule has 0 bridgehead atoms. The van der Waals surface area contributed by atoms with Gasteiger partial charge in [-0.25, -0.2) is 0 Å². The smallest absolute Gasteiger partial charge is 0.247 e. The first-order valence-corrected chi connectivity index (χ1v) is 7.98. The molecule has 1 saturated heterocycles. The van der Waals surface area contributed by atoms with E-state index in [1.807, 2.05) is 36.5 Å². The van der Waals surface area contributed by atoms with E-state index >= 15 is 0 Å². The summed E-state index contributed by atoms with van der Waals surface area (Å²) in [5, 5.41) is 15.5. The molecule has 1 fully saturated rings. The molecule has 2 aromatic heterocycles. The summed E-state index contributed by atoms with van der Waals surface area (Å²) in [5.74, 6) is 1.85. The zero-order valence-corrected chi connectivity index (χ0v) is 12.9. The molecule has 0 unspecified atom stereocenters. The lowest BCUT2D eigenvalue weighted by atomic mass is 9.94. The number of nitrogens with one attached hydrogen (secondary N) is 1. The van der Waals surface area contributed by atoms with Crippen molar-refractivity contribution in [2.75, 3.05) is 13.1 Å². The van der Waals surface area contributed by atoms with E-state index in [9.17, 15) is 0 Å². The third kappa shape index (κ3) is 3.17. The van der Waals surface area contributed by atoms with Crippen molar-refractivity contribution in [2.24, 2.45) is 0 Å². The van der Waals surface area contributed by atoms with E-state index in [1.54, 1.807) is 0 Å². The molecule has 1 aliphatic heterocycles. The highest BCUT2D eigenvalue weighted by atomic mass is 16.4. The molecule has 1 N–H and O–H groups in total. The van der Waals surface area contributed by atoms with Gasteiger partial charge in [0, 0.05) is 23.4 Å². The molecule has 3 heterocycles. The Balaban J connectivity index is 1.36. The van der Waals surface area contributed by atoms with Crippen LogP contribution in [0.4, 0.5) is 0 Å². The van der Waals surface area contributed by atoms with Crippen LogP contribution < -0.4 is 0 Å². The van der Waals surface area contributed by atoms with Crippen molar-refractivity contribution in [1.82, 2.24) is 25.3 Å². The zero-order valence-electron chi connectivity index (χ0n) is 12.9. The minimum absolute atomic E-state index is 0.580. The summed E-state index contributed by atoms with van der Waals surface area (Å²) in [6, 6.07) is 12.0. The first kappa shape index (κ1) is 14.1.